The Kier molecular flexibility index (Phi) is 6.31. The number of morpholine rings is 1. The monoisotopic (exact) mass is 469 g/mol. The number of hydrogen-bond acceptors (Lipinski definition) is 6. The molecule has 1 unspecified atom stereocenters. The highest BCUT2D eigenvalue weighted by Crippen LogP contribution is 2.32. The van der Waals surface area contributed by atoms with Gasteiger partial charge in [0.15, 0.2) is 11.2 Å². The van der Waals surface area contributed by atoms with Gasteiger partial charge in [-0.05, 0) is 63.1 Å². The SMILES string of the molecule is Cc1cc(C(C)Nc2ccccc2C)c2oc(-c3ccc(N4CCOCC4)cn3)c(C)c(=O)c2c1. The molecule has 1 aliphatic heterocycles. The van der Waals surface area contributed by atoms with Crippen LogP contribution in [0.25, 0.3) is 22.4 Å². The zero-order valence-electron chi connectivity index (χ0n) is 20.7. The first-order valence-electron chi connectivity index (χ1n) is 12.1. The Morgan fingerprint density at radius 2 is 1.80 bits per heavy atom. The Morgan fingerprint density at radius 1 is 1.03 bits per heavy atom. The van der Waals surface area contributed by atoms with Gasteiger partial charge in [-0.2, -0.15) is 0 Å². The number of nitrogens with one attached hydrogen (secondary N) is 1. The third-order valence-corrected chi connectivity index (χ3v) is 6.73. The number of benzene rings is 2. The minimum Gasteiger partial charge on any atom is -0.454 e. The topological polar surface area (TPSA) is 67.6 Å². The van der Waals surface area contributed by atoms with Gasteiger partial charge in [-0.3, -0.25) is 9.78 Å². The number of aryl methyl sites for hydroxylation is 2. The van der Waals surface area contributed by atoms with Crippen molar-refractivity contribution in [1.82, 2.24) is 4.98 Å². The number of pyridine rings is 1. The van der Waals surface area contributed by atoms with Crippen LogP contribution in [0.15, 0.2) is 63.9 Å². The lowest BCUT2D eigenvalue weighted by atomic mass is 9.99. The van der Waals surface area contributed by atoms with E-state index in [4.69, 9.17) is 9.15 Å². The standard InChI is InChI=1S/C29H31N3O3/c1-18-15-23(21(4)31-25-8-6-5-7-19(25)2)29-24(16-18)27(33)20(3)28(35-29)26-10-9-22(17-30-26)32-11-13-34-14-12-32/h5-10,15-17,21,31H,11-14H2,1-4H3. The van der Waals surface area contributed by atoms with E-state index in [-0.39, 0.29) is 11.5 Å². The highest BCUT2D eigenvalue weighted by molar-refractivity contribution is 5.84. The van der Waals surface area contributed by atoms with E-state index in [1.165, 1.54) is 5.56 Å². The average molecular weight is 470 g/mol. The molecule has 0 spiro atoms. The second-order valence-corrected chi connectivity index (χ2v) is 9.30. The first-order chi connectivity index (χ1) is 16.9. The number of para-hydroxylation sites is 1. The normalized spacial score (nSPS) is 14.8. The maximum atomic E-state index is 13.4. The summed E-state index contributed by atoms with van der Waals surface area (Å²) >= 11 is 0. The van der Waals surface area contributed by atoms with Crippen molar-refractivity contribution in [3.8, 4) is 11.5 Å². The van der Waals surface area contributed by atoms with E-state index in [1.807, 2.05) is 50.4 Å². The number of ether oxygens (including phenoxy) is 1. The molecule has 1 fully saturated rings. The summed E-state index contributed by atoms with van der Waals surface area (Å²) in [7, 11) is 0. The van der Waals surface area contributed by atoms with Crippen molar-refractivity contribution in [2.75, 3.05) is 36.5 Å². The molecule has 1 aliphatic rings. The van der Waals surface area contributed by atoms with E-state index in [0.29, 0.717) is 28.0 Å². The van der Waals surface area contributed by atoms with Gasteiger partial charge < -0.3 is 19.4 Å². The molecule has 1 N–H and O–H groups in total. The van der Waals surface area contributed by atoms with Crippen LogP contribution in [-0.4, -0.2) is 31.3 Å². The third-order valence-electron chi connectivity index (χ3n) is 6.73. The molecule has 6 heteroatoms. The Balaban J connectivity index is 1.57. The molecule has 3 heterocycles. The fraction of sp³-hybridized carbons (Fsp3) is 0.310. The molecule has 5 rings (SSSR count). The smallest absolute Gasteiger partial charge is 0.196 e. The molecule has 1 saturated heterocycles. The summed E-state index contributed by atoms with van der Waals surface area (Å²) in [4.78, 5) is 20.4. The van der Waals surface area contributed by atoms with Crippen LogP contribution in [0, 0.1) is 20.8 Å². The van der Waals surface area contributed by atoms with E-state index >= 15 is 0 Å². The van der Waals surface area contributed by atoms with Crippen LogP contribution in [0.2, 0.25) is 0 Å². The zero-order chi connectivity index (χ0) is 24.5. The Labute approximate surface area is 205 Å². The van der Waals surface area contributed by atoms with E-state index in [0.717, 1.165) is 48.8 Å². The second-order valence-electron chi connectivity index (χ2n) is 9.30. The minimum absolute atomic E-state index is 0.0200. The van der Waals surface area contributed by atoms with Crippen molar-refractivity contribution < 1.29 is 9.15 Å². The van der Waals surface area contributed by atoms with Gasteiger partial charge >= 0.3 is 0 Å². The molecule has 180 valence electrons. The van der Waals surface area contributed by atoms with Crippen LogP contribution >= 0.6 is 0 Å². The molecule has 0 bridgehead atoms. The molecular weight excluding hydrogens is 438 g/mol. The van der Waals surface area contributed by atoms with Gasteiger partial charge in [0.2, 0.25) is 0 Å². The summed E-state index contributed by atoms with van der Waals surface area (Å²) in [6.45, 7) is 11.1. The first kappa shape index (κ1) is 23.1. The molecule has 2 aromatic heterocycles. The van der Waals surface area contributed by atoms with Gasteiger partial charge in [0, 0.05) is 29.9 Å². The Morgan fingerprint density at radius 3 is 2.51 bits per heavy atom. The summed E-state index contributed by atoms with van der Waals surface area (Å²) in [5.41, 5.74) is 7.06. The number of nitrogens with zero attached hydrogens (tertiary/aromatic N) is 2. The largest absolute Gasteiger partial charge is 0.454 e. The molecule has 0 amide bonds. The number of rotatable bonds is 5. The highest BCUT2D eigenvalue weighted by atomic mass is 16.5. The summed E-state index contributed by atoms with van der Waals surface area (Å²) in [6, 6.07) is 16.1. The number of fused-ring (bicyclic) bond motifs is 1. The maximum Gasteiger partial charge on any atom is 0.196 e. The van der Waals surface area contributed by atoms with Crippen LogP contribution < -0.4 is 15.6 Å². The Bertz CT molecular complexity index is 1420. The average Bonchev–Trinajstić information content (AvgIpc) is 2.88. The van der Waals surface area contributed by atoms with Crippen molar-refractivity contribution in [1.29, 1.82) is 0 Å². The fourth-order valence-electron chi connectivity index (χ4n) is 4.71. The maximum absolute atomic E-state index is 13.4. The number of hydrogen-bond donors (Lipinski definition) is 1. The quantitative estimate of drug-likeness (QED) is 0.399. The predicted molar refractivity (Wildman–Crippen MR) is 141 cm³/mol. The Hall–Kier alpha value is -3.64. The van der Waals surface area contributed by atoms with Crippen LogP contribution in [-0.2, 0) is 4.74 Å². The zero-order valence-corrected chi connectivity index (χ0v) is 20.7. The molecule has 0 radical (unpaired) electrons. The summed E-state index contributed by atoms with van der Waals surface area (Å²) in [5.74, 6) is 0.518. The van der Waals surface area contributed by atoms with Crippen LogP contribution in [0.5, 0.6) is 0 Å². The first-order valence-corrected chi connectivity index (χ1v) is 12.1. The van der Waals surface area contributed by atoms with E-state index in [9.17, 15) is 4.79 Å². The predicted octanol–water partition coefficient (Wildman–Crippen LogP) is 5.79. The van der Waals surface area contributed by atoms with Crippen molar-refractivity contribution in [2.24, 2.45) is 0 Å². The van der Waals surface area contributed by atoms with Crippen molar-refractivity contribution in [3.63, 3.8) is 0 Å². The molecule has 4 aromatic rings. The highest BCUT2D eigenvalue weighted by Gasteiger charge is 2.20. The van der Waals surface area contributed by atoms with E-state index < -0.39 is 0 Å². The molecule has 6 nitrogen and oxygen atoms in total. The molecule has 2 aromatic carbocycles. The van der Waals surface area contributed by atoms with Gasteiger partial charge in [0.05, 0.1) is 36.5 Å². The molecular formula is C29H31N3O3. The van der Waals surface area contributed by atoms with Gasteiger partial charge in [0.25, 0.3) is 0 Å². The molecule has 1 atom stereocenters. The second kappa shape index (κ2) is 9.55. The van der Waals surface area contributed by atoms with E-state index in [2.05, 4.69) is 47.2 Å². The lowest BCUT2D eigenvalue weighted by Crippen LogP contribution is -2.36. The van der Waals surface area contributed by atoms with Crippen molar-refractivity contribution in [2.45, 2.75) is 33.7 Å². The summed E-state index contributed by atoms with van der Waals surface area (Å²) < 4.78 is 11.9. The van der Waals surface area contributed by atoms with Gasteiger partial charge in [-0.25, -0.2) is 0 Å². The number of aromatic nitrogens is 1. The van der Waals surface area contributed by atoms with Gasteiger partial charge in [-0.15, -0.1) is 0 Å². The van der Waals surface area contributed by atoms with Crippen LogP contribution in [0.4, 0.5) is 11.4 Å². The summed E-state index contributed by atoms with van der Waals surface area (Å²) in [5, 5.41) is 4.19. The fourth-order valence-corrected chi connectivity index (χ4v) is 4.71. The van der Waals surface area contributed by atoms with Crippen LogP contribution in [0.1, 0.15) is 35.2 Å². The van der Waals surface area contributed by atoms with E-state index in [1.54, 1.807) is 0 Å². The lowest BCUT2D eigenvalue weighted by molar-refractivity contribution is 0.122. The van der Waals surface area contributed by atoms with Crippen molar-refractivity contribution in [3.05, 3.63) is 87.2 Å². The molecule has 0 saturated carbocycles. The summed E-state index contributed by atoms with van der Waals surface area (Å²) in [6.07, 6.45) is 1.85. The van der Waals surface area contributed by atoms with Gasteiger partial charge in [0.1, 0.15) is 11.3 Å². The number of anilines is 2. The van der Waals surface area contributed by atoms with Crippen LogP contribution in [0.3, 0.4) is 0 Å². The molecule has 35 heavy (non-hydrogen) atoms. The minimum atomic E-state index is -0.0612. The van der Waals surface area contributed by atoms with Gasteiger partial charge in [-0.1, -0.05) is 24.3 Å². The lowest BCUT2D eigenvalue weighted by Gasteiger charge is -2.28. The third kappa shape index (κ3) is 4.54. The molecule has 0 aliphatic carbocycles. The van der Waals surface area contributed by atoms with Crippen molar-refractivity contribution >= 4 is 22.3 Å².